The van der Waals surface area contributed by atoms with Crippen LogP contribution in [0.3, 0.4) is 0 Å². The number of piperazine rings is 1. The van der Waals surface area contributed by atoms with Crippen molar-refractivity contribution in [2.45, 2.75) is 57.8 Å². The van der Waals surface area contributed by atoms with Crippen molar-refractivity contribution in [1.29, 1.82) is 0 Å². The lowest BCUT2D eigenvalue weighted by molar-refractivity contribution is -0.169. The molecule has 5 rings (SSSR count). The van der Waals surface area contributed by atoms with Gasteiger partial charge in [-0.15, -0.1) is 0 Å². The first-order valence-electron chi connectivity index (χ1n) is 13.2. The van der Waals surface area contributed by atoms with Gasteiger partial charge in [-0.3, -0.25) is 9.69 Å². The molecule has 216 valence electrons. The Bertz CT molecular complexity index is 1410. The Hall–Kier alpha value is -3.86. The summed E-state index contributed by atoms with van der Waals surface area (Å²) in [6.45, 7) is 5.25. The Labute approximate surface area is 233 Å². The highest BCUT2D eigenvalue weighted by atomic mass is 16.5. The second-order valence-electron chi connectivity index (χ2n) is 10.4. The van der Waals surface area contributed by atoms with Crippen LogP contribution in [0.4, 0.5) is 0 Å². The molecule has 1 amide bonds. The van der Waals surface area contributed by atoms with E-state index in [0.29, 0.717) is 44.9 Å². The molecule has 0 spiro atoms. The Morgan fingerprint density at radius 3 is 1.85 bits per heavy atom. The first-order chi connectivity index (χ1) is 19.1. The second-order valence-corrected chi connectivity index (χ2v) is 10.4. The summed E-state index contributed by atoms with van der Waals surface area (Å²) >= 11 is 0. The highest BCUT2D eigenvalue weighted by Crippen LogP contribution is 2.58. The van der Waals surface area contributed by atoms with Gasteiger partial charge in [-0.05, 0) is 34.2 Å². The number of phenols is 2. The lowest BCUT2D eigenvalue weighted by atomic mass is 9.73. The topological polar surface area (TPSA) is 127 Å². The maximum absolute atomic E-state index is 14.3. The molecule has 11 nitrogen and oxygen atoms in total. The van der Waals surface area contributed by atoms with Crippen LogP contribution >= 0.6 is 0 Å². The van der Waals surface area contributed by atoms with Crippen LogP contribution in [0.15, 0.2) is 0 Å². The Kier molecular flexibility index (Phi) is 6.89. The van der Waals surface area contributed by atoms with Crippen molar-refractivity contribution in [3.8, 4) is 34.5 Å². The van der Waals surface area contributed by atoms with Crippen molar-refractivity contribution in [2.24, 2.45) is 0 Å². The van der Waals surface area contributed by atoms with Crippen LogP contribution in [-0.4, -0.2) is 86.1 Å². The molecule has 0 aliphatic carbocycles. The van der Waals surface area contributed by atoms with E-state index in [-0.39, 0.29) is 48.4 Å². The summed E-state index contributed by atoms with van der Waals surface area (Å²) < 4.78 is 28.3. The van der Waals surface area contributed by atoms with Gasteiger partial charge in [0.15, 0.2) is 29.0 Å². The molecule has 2 aromatic rings. The van der Waals surface area contributed by atoms with E-state index in [0.717, 1.165) is 0 Å². The lowest BCUT2D eigenvalue weighted by Crippen LogP contribution is -2.67. The molecule has 1 fully saturated rings. The van der Waals surface area contributed by atoms with Crippen molar-refractivity contribution in [1.82, 2.24) is 9.80 Å². The summed E-state index contributed by atoms with van der Waals surface area (Å²) in [7, 11) is 7.82. The number of hydrogen-bond donors (Lipinski definition) is 2. The van der Waals surface area contributed by atoms with Gasteiger partial charge in [0.05, 0.1) is 53.2 Å². The van der Waals surface area contributed by atoms with E-state index in [1.807, 2.05) is 11.9 Å². The zero-order chi connectivity index (χ0) is 29.2. The molecule has 3 aliphatic heterocycles. The molecule has 0 radical (unpaired) electrons. The third kappa shape index (κ3) is 3.52. The second kappa shape index (κ2) is 9.96. The summed E-state index contributed by atoms with van der Waals surface area (Å²) in [6, 6.07) is -2.98. The number of methoxy groups -OCH3 is 4. The van der Waals surface area contributed by atoms with E-state index in [1.54, 1.807) is 25.7 Å². The van der Waals surface area contributed by atoms with E-state index in [2.05, 4.69) is 0 Å². The highest BCUT2D eigenvalue weighted by molar-refractivity contribution is 5.93. The molecule has 2 N–H and O–H groups in total. The number of esters is 1. The molecule has 2 bridgehead atoms. The predicted octanol–water partition coefficient (Wildman–Crippen LogP) is 2.72. The number of ether oxygens (including phenoxy) is 5. The number of amides is 1. The van der Waals surface area contributed by atoms with Crippen LogP contribution < -0.4 is 18.9 Å². The number of carbonyl (C=O) groups is 2. The van der Waals surface area contributed by atoms with Gasteiger partial charge < -0.3 is 38.8 Å². The van der Waals surface area contributed by atoms with Gasteiger partial charge in [-0.25, -0.2) is 4.79 Å². The number of nitrogens with zero attached hydrogens (tertiary/aromatic N) is 2. The Morgan fingerprint density at radius 2 is 1.35 bits per heavy atom. The van der Waals surface area contributed by atoms with Crippen molar-refractivity contribution < 1.29 is 43.5 Å². The maximum Gasteiger partial charge on any atom is 0.333 e. The van der Waals surface area contributed by atoms with Gasteiger partial charge in [0.2, 0.25) is 5.91 Å². The summed E-state index contributed by atoms with van der Waals surface area (Å²) in [5, 5.41) is 22.7. The molecule has 3 aliphatic rings. The number of hydrogen-bond acceptors (Lipinski definition) is 10. The zero-order valence-corrected chi connectivity index (χ0v) is 24.1. The fourth-order valence-corrected chi connectivity index (χ4v) is 6.97. The predicted molar refractivity (Wildman–Crippen MR) is 144 cm³/mol. The SMILES string of the molecule is CCOC(=O)[C@H]1c2c(c(O)c(C)c(OC)c2OC)C[C@@H]2[C@@H]3c4c(c(O)c(C)c(OC)c4OC)C[C@H](C(=O)N21)N3C. The van der Waals surface area contributed by atoms with Crippen LogP contribution in [0.25, 0.3) is 0 Å². The summed E-state index contributed by atoms with van der Waals surface area (Å²) in [6.07, 6.45) is 0.407. The number of benzene rings is 2. The van der Waals surface area contributed by atoms with Crippen LogP contribution in [0, 0.1) is 13.8 Å². The monoisotopic (exact) mass is 556 g/mol. The number of rotatable bonds is 6. The minimum atomic E-state index is -1.19. The van der Waals surface area contributed by atoms with E-state index in [1.165, 1.54) is 28.4 Å². The fraction of sp³-hybridized carbons (Fsp3) is 0.517. The normalized spacial score (nSPS) is 23.1. The van der Waals surface area contributed by atoms with Crippen LogP contribution in [0.1, 0.15) is 52.4 Å². The lowest BCUT2D eigenvalue weighted by Gasteiger charge is -2.56. The number of fused-ring (bicyclic) bond motifs is 7. The fourth-order valence-electron chi connectivity index (χ4n) is 6.97. The van der Waals surface area contributed by atoms with Gasteiger partial charge in [0, 0.05) is 39.8 Å². The smallest absolute Gasteiger partial charge is 0.333 e. The van der Waals surface area contributed by atoms with Gasteiger partial charge in [-0.1, -0.05) is 0 Å². The van der Waals surface area contributed by atoms with Crippen LogP contribution in [0.5, 0.6) is 34.5 Å². The number of phenolic OH excluding ortho intramolecular Hbond substituents is 2. The largest absolute Gasteiger partial charge is 0.507 e. The number of carbonyl (C=O) groups excluding carboxylic acids is 2. The Balaban J connectivity index is 1.84. The third-order valence-electron chi connectivity index (χ3n) is 8.69. The minimum Gasteiger partial charge on any atom is -0.507 e. The summed E-state index contributed by atoms with van der Waals surface area (Å²) in [5.74, 6) is 0.516. The van der Waals surface area contributed by atoms with E-state index >= 15 is 0 Å². The average molecular weight is 557 g/mol. The quantitative estimate of drug-likeness (QED) is 0.513. The van der Waals surface area contributed by atoms with Crippen molar-refractivity contribution in [3.63, 3.8) is 0 Å². The molecular formula is C29H36N2O9. The van der Waals surface area contributed by atoms with E-state index in [4.69, 9.17) is 23.7 Å². The first-order valence-corrected chi connectivity index (χ1v) is 13.2. The summed E-state index contributed by atoms with van der Waals surface area (Å²) in [5.41, 5.74) is 3.11. The van der Waals surface area contributed by atoms with Gasteiger partial charge >= 0.3 is 5.97 Å². The maximum atomic E-state index is 14.3. The van der Waals surface area contributed by atoms with Gasteiger partial charge in [-0.2, -0.15) is 0 Å². The van der Waals surface area contributed by atoms with Gasteiger partial charge in [0.25, 0.3) is 0 Å². The molecule has 0 unspecified atom stereocenters. The Morgan fingerprint density at radius 1 is 0.850 bits per heavy atom. The molecular weight excluding hydrogens is 520 g/mol. The molecule has 40 heavy (non-hydrogen) atoms. The molecule has 2 aromatic carbocycles. The molecule has 3 heterocycles. The first kappa shape index (κ1) is 27.7. The van der Waals surface area contributed by atoms with Gasteiger partial charge in [0.1, 0.15) is 11.5 Å². The van der Waals surface area contributed by atoms with Crippen LogP contribution in [-0.2, 0) is 27.2 Å². The molecule has 0 saturated carbocycles. The molecule has 4 atom stereocenters. The van der Waals surface area contributed by atoms with E-state index in [9.17, 15) is 19.8 Å². The third-order valence-corrected chi connectivity index (χ3v) is 8.69. The van der Waals surface area contributed by atoms with Crippen molar-refractivity contribution in [2.75, 3.05) is 42.1 Å². The minimum absolute atomic E-state index is 0.0360. The number of likely N-dealkylation sites (N-methyl/N-ethyl adjacent to an activating group) is 1. The molecule has 11 heteroatoms. The average Bonchev–Trinajstić information content (AvgIpc) is 2.94. The van der Waals surface area contributed by atoms with Crippen molar-refractivity contribution >= 4 is 11.9 Å². The number of aromatic hydroxyl groups is 2. The zero-order valence-electron chi connectivity index (χ0n) is 24.1. The molecule has 1 saturated heterocycles. The van der Waals surface area contributed by atoms with Crippen LogP contribution in [0.2, 0.25) is 0 Å². The van der Waals surface area contributed by atoms with E-state index < -0.39 is 30.1 Å². The van der Waals surface area contributed by atoms with Crippen molar-refractivity contribution in [3.05, 3.63) is 33.4 Å². The molecule has 0 aromatic heterocycles. The summed E-state index contributed by atoms with van der Waals surface area (Å²) in [4.78, 5) is 31.5. The standard InChI is InChI=1S/C29H36N2O9/c1-9-40-29(35)21-19-14(22(32)12(2)25(37-6)27(19)39-8)10-16-20-18-15(11-17(30(20)4)28(34)31(16)21)23(33)13(3)24(36-5)26(18)38-7/h16-17,20-21,32-33H,9-11H2,1-8H3/t16-,17-,20-,21-/m1/s1. The highest BCUT2D eigenvalue weighted by Gasteiger charge is 2.58.